The molecule has 1 saturated carbocycles. The summed E-state index contributed by atoms with van der Waals surface area (Å²) in [5, 5.41) is 10.3. The van der Waals surface area contributed by atoms with E-state index in [0.717, 1.165) is 5.57 Å². The number of benzene rings is 1. The minimum absolute atomic E-state index is 0.110. The van der Waals surface area contributed by atoms with E-state index in [9.17, 15) is 24.3 Å². The van der Waals surface area contributed by atoms with Gasteiger partial charge in [-0.15, -0.1) is 0 Å². The van der Waals surface area contributed by atoms with Crippen molar-refractivity contribution in [2.24, 2.45) is 35.5 Å². The molecule has 3 fully saturated rings. The lowest BCUT2D eigenvalue weighted by atomic mass is 9.58. The Bertz CT molecular complexity index is 1210. The first-order valence-corrected chi connectivity index (χ1v) is 12.8. The summed E-state index contributed by atoms with van der Waals surface area (Å²) in [5.41, 5.74) is 1.64. The van der Waals surface area contributed by atoms with Crippen LogP contribution in [0, 0.1) is 35.5 Å². The molecule has 5 rings (SSSR count). The van der Waals surface area contributed by atoms with Gasteiger partial charge in [0.25, 0.3) is 0 Å². The molecule has 4 amide bonds. The summed E-state index contributed by atoms with van der Waals surface area (Å²) < 4.78 is 10.5. The van der Waals surface area contributed by atoms with Crippen molar-refractivity contribution in [3.05, 3.63) is 35.4 Å². The first kappa shape index (κ1) is 25.0. The molecule has 0 bridgehead atoms. The highest BCUT2D eigenvalue weighted by Crippen LogP contribution is 2.55. The zero-order valence-corrected chi connectivity index (χ0v) is 21.5. The van der Waals surface area contributed by atoms with Crippen LogP contribution in [0.4, 0.5) is 0 Å². The van der Waals surface area contributed by atoms with E-state index in [4.69, 9.17) is 9.47 Å². The maximum atomic E-state index is 13.4. The van der Waals surface area contributed by atoms with Gasteiger partial charge in [0, 0.05) is 19.0 Å². The number of carbonyl (C=O) groups excluding carboxylic acids is 4. The number of carbonyl (C=O) groups is 4. The number of methoxy groups -OCH3 is 2. The molecule has 1 N–H and O–H groups in total. The quantitative estimate of drug-likeness (QED) is 0.464. The first-order valence-electron chi connectivity index (χ1n) is 12.8. The minimum Gasteiger partial charge on any atom is -0.502 e. The fourth-order valence-electron chi connectivity index (χ4n) is 6.83. The summed E-state index contributed by atoms with van der Waals surface area (Å²) in [6.45, 7) is 4.20. The second-order valence-electron chi connectivity index (χ2n) is 10.0. The van der Waals surface area contributed by atoms with Crippen LogP contribution in [0.5, 0.6) is 17.2 Å². The second kappa shape index (κ2) is 9.36. The fourth-order valence-corrected chi connectivity index (χ4v) is 6.83. The van der Waals surface area contributed by atoms with Crippen molar-refractivity contribution in [1.82, 2.24) is 9.80 Å². The number of fused-ring (bicyclic) bond motifs is 4. The SMILES string of the molecule is CCN1C(=O)C2CC3C(=CCC4C(=O)N(CC)C(=O)C43)C(C=Cc3cc(OC)c(O)c(OC)c3)C2C1=O. The number of phenols is 1. The molecule has 0 spiro atoms. The molecule has 4 aliphatic rings. The zero-order chi connectivity index (χ0) is 26.6. The van der Waals surface area contributed by atoms with Gasteiger partial charge in [-0.3, -0.25) is 29.0 Å². The number of likely N-dealkylation sites (tertiary alicyclic amines) is 2. The third kappa shape index (κ3) is 3.66. The molecule has 2 saturated heterocycles. The van der Waals surface area contributed by atoms with Gasteiger partial charge in [0.1, 0.15) is 0 Å². The second-order valence-corrected chi connectivity index (χ2v) is 10.0. The van der Waals surface area contributed by atoms with Crippen molar-refractivity contribution < 1.29 is 33.8 Å². The fraction of sp³-hybridized carbons (Fsp3) is 0.500. The average Bonchev–Trinajstić information content (AvgIpc) is 3.30. The predicted octanol–water partition coefficient (Wildman–Crippen LogP) is 2.63. The first-order chi connectivity index (χ1) is 17.8. The Morgan fingerprint density at radius 3 is 2.00 bits per heavy atom. The molecule has 2 aliphatic heterocycles. The number of ether oxygens (including phenoxy) is 2. The Kier molecular flexibility index (Phi) is 6.33. The smallest absolute Gasteiger partial charge is 0.234 e. The molecule has 6 atom stereocenters. The van der Waals surface area contributed by atoms with E-state index >= 15 is 0 Å². The third-order valence-corrected chi connectivity index (χ3v) is 8.52. The number of nitrogens with zero attached hydrogens (tertiary/aromatic N) is 2. The Labute approximate surface area is 215 Å². The molecule has 196 valence electrons. The van der Waals surface area contributed by atoms with Crippen LogP contribution in [0.2, 0.25) is 0 Å². The molecule has 9 heteroatoms. The van der Waals surface area contributed by atoms with Gasteiger partial charge >= 0.3 is 0 Å². The Morgan fingerprint density at radius 2 is 1.43 bits per heavy atom. The van der Waals surface area contributed by atoms with Gasteiger partial charge in [-0.2, -0.15) is 0 Å². The molecule has 1 aromatic carbocycles. The van der Waals surface area contributed by atoms with Crippen molar-refractivity contribution in [3.8, 4) is 17.2 Å². The molecule has 6 unspecified atom stereocenters. The van der Waals surface area contributed by atoms with Crippen LogP contribution in [0.15, 0.2) is 29.9 Å². The van der Waals surface area contributed by atoms with Crippen LogP contribution >= 0.6 is 0 Å². The van der Waals surface area contributed by atoms with Gasteiger partial charge in [0.15, 0.2) is 11.5 Å². The normalized spacial score (nSPS) is 31.0. The van der Waals surface area contributed by atoms with Crippen LogP contribution in [0.1, 0.15) is 32.3 Å². The highest BCUT2D eigenvalue weighted by molar-refractivity contribution is 6.07. The van der Waals surface area contributed by atoms with Gasteiger partial charge in [0.05, 0.1) is 37.9 Å². The van der Waals surface area contributed by atoms with Crippen LogP contribution in [-0.4, -0.2) is 65.8 Å². The van der Waals surface area contributed by atoms with Crippen LogP contribution in [0.3, 0.4) is 0 Å². The van der Waals surface area contributed by atoms with E-state index in [2.05, 4.69) is 0 Å². The van der Waals surface area contributed by atoms with Crippen molar-refractivity contribution in [3.63, 3.8) is 0 Å². The largest absolute Gasteiger partial charge is 0.502 e. The third-order valence-electron chi connectivity index (χ3n) is 8.52. The summed E-state index contributed by atoms with van der Waals surface area (Å²) in [4.78, 5) is 55.6. The summed E-state index contributed by atoms with van der Waals surface area (Å²) in [6.07, 6.45) is 6.59. The number of hydrogen-bond donors (Lipinski definition) is 1. The van der Waals surface area contributed by atoms with E-state index in [1.165, 1.54) is 24.0 Å². The van der Waals surface area contributed by atoms with Crippen LogP contribution in [0.25, 0.3) is 6.08 Å². The molecule has 1 aromatic rings. The molecule has 9 nitrogen and oxygen atoms in total. The Morgan fingerprint density at radius 1 is 0.865 bits per heavy atom. The van der Waals surface area contributed by atoms with Gasteiger partial charge in [-0.1, -0.05) is 23.8 Å². The molecule has 2 aliphatic carbocycles. The maximum absolute atomic E-state index is 13.4. The number of rotatable bonds is 6. The number of hydrogen-bond acceptors (Lipinski definition) is 7. The lowest BCUT2D eigenvalue weighted by Gasteiger charge is -2.42. The van der Waals surface area contributed by atoms with Crippen LogP contribution < -0.4 is 9.47 Å². The predicted molar refractivity (Wildman–Crippen MR) is 133 cm³/mol. The monoisotopic (exact) mass is 508 g/mol. The summed E-state index contributed by atoms with van der Waals surface area (Å²) >= 11 is 0. The number of amides is 4. The van der Waals surface area contributed by atoms with E-state index < -0.39 is 29.6 Å². The summed E-state index contributed by atoms with van der Waals surface area (Å²) in [7, 11) is 2.90. The Hall–Kier alpha value is -3.62. The van der Waals surface area contributed by atoms with Gasteiger partial charge < -0.3 is 14.6 Å². The summed E-state index contributed by atoms with van der Waals surface area (Å²) in [5.74, 6) is -3.02. The zero-order valence-electron chi connectivity index (χ0n) is 21.5. The number of imide groups is 2. The van der Waals surface area contributed by atoms with Crippen LogP contribution in [-0.2, 0) is 19.2 Å². The average molecular weight is 509 g/mol. The Balaban J connectivity index is 1.58. The molecule has 37 heavy (non-hydrogen) atoms. The van der Waals surface area contributed by atoms with Crippen molar-refractivity contribution in [2.75, 3.05) is 27.3 Å². The maximum Gasteiger partial charge on any atom is 0.234 e. The number of phenolic OH excluding ortho intramolecular Hbond substituents is 1. The number of allylic oxidation sites excluding steroid dienone is 3. The lowest BCUT2D eigenvalue weighted by molar-refractivity contribution is -0.141. The van der Waals surface area contributed by atoms with E-state index in [1.807, 2.05) is 18.2 Å². The minimum atomic E-state index is -0.557. The molecular weight excluding hydrogens is 476 g/mol. The van der Waals surface area contributed by atoms with Crippen molar-refractivity contribution >= 4 is 29.7 Å². The highest BCUT2D eigenvalue weighted by atomic mass is 16.5. The topological polar surface area (TPSA) is 113 Å². The van der Waals surface area contributed by atoms with Gasteiger partial charge in [0.2, 0.25) is 29.4 Å². The van der Waals surface area contributed by atoms with Gasteiger partial charge in [-0.25, -0.2) is 0 Å². The van der Waals surface area contributed by atoms with E-state index in [-0.39, 0.29) is 46.8 Å². The summed E-state index contributed by atoms with van der Waals surface area (Å²) in [6, 6.07) is 3.32. The van der Waals surface area contributed by atoms with E-state index in [1.54, 1.807) is 26.0 Å². The molecule has 0 aromatic heterocycles. The number of aromatic hydroxyl groups is 1. The molecule has 0 radical (unpaired) electrons. The molecular formula is C28H32N2O7. The van der Waals surface area contributed by atoms with Crippen molar-refractivity contribution in [1.29, 1.82) is 0 Å². The van der Waals surface area contributed by atoms with Crippen molar-refractivity contribution in [2.45, 2.75) is 26.7 Å². The van der Waals surface area contributed by atoms with Gasteiger partial charge in [-0.05, 0) is 50.3 Å². The molecule has 2 heterocycles. The lowest BCUT2D eigenvalue weighted by Crippen LogP contribution is -2.43. The van der Waals surface area contributed by atoms with E-state index in [0.29, 0.717) is 31.5 Å². The highest BCUT2D eigenvalue weighted by Gasteiger charge is 2.60. The standard InChI is InChI=1S/C28H32N2O7/c1-5-29-25(32)17-10-9-15-16(8-7-14-11-20(36-3)24(31)21(12-14)37-4)22-19(13-18(15)23(17)28(29)35)26(33)30(6-2)27(22)34/h7-9,11-12,16-19,22-23,31H,5-6,10,13H2,1-4H3.